The molecule has 0 spiro atoms. The third-order valence-electron chi connectivity index (χ3n) is 2.98. The van der Waals surface area contributed by atoms with Crippen molar-refractivity contribution < 1.29 is 9.84 Å². The normalized spacial score (nSPS) is 9.60. The van der Waals surface area contributed by atoms with Gasteiger partial charge in [0.1, 0.15) is 0 Å². The van der Waals surface area contributed by atoms with E-state index in [2.05, 4.69) is 9.95 Å². The molecule has 2 rings (SSSR count). The number of nitrogens with zero attached hydrogens (tertiary/aromatic N) is 4. The van der Waals surface area contributed by atoms with Gasteiger partial charge < -0.3 is 9.84 Å². The van der Waals surface area contributed by atoms with Crippen LogP contribution in [0.2, 0.25) is 0 Å². The predicted molar refractivity (Wildman–Crippen MR) is 73.8 cm³/mol. The van der Waals surface area contributed by atoms with E-state index in [9.17, 15) is 5.11 Å². The van der Waals surface area contributed by atoms with Gasteiger partial charge in [-0.2, -0.15) is 0 Å². The molecule has 0 amide bonds. The summed E-state index contributed by atoms with van der Waals surface area (Å²) in [7, 11) is 1.49. The van der Waals surface area contributed by atoms with Crippen molar-refractivity contribution in [2.24, 2.45) is 0 Å². The van der Waals surface area contributed by atoms with Gasteiger partial charge in [0.25, 0.3) is 0 Å². The van der Waals surface area contributed by atoms with Crippen LogP contribution in [0.3, 0.4) is 0 Å². The van der Waals surface area contributed by atoms with Gasteiger partial charge in [-0.15, -0.1) is 0 Å². The van der Waals surface area contributed by atoms with Gasteiger partial charge in [-0.25, -0.2) is 0 Å². The number of methoxy groups -OCH3 is 1. The molecule has 0 saturated carbocycles. The van der Waals surface area contributed by atoms with Crippen molar-refractivity contribution in [2.45, 2.75) is 6.61 Å². The first-order valence-electron chi connectivity index (χ1n) is 5.86. The fourth-order valence-electron chi connectivity index (χ4n) is 1.93. The van der Waals surface area contributed by atoms with Crippen LogP contribution in [0, 0.1) is 10.8 Å². The Morgan fingerprint density at radius 2 is 1.60 bits per heavy atom. The molecular formula is C14H12N4O2+2. The number of ether oxygens (including phenoxy) is 1. The molecule has 0 fully saturated rings. The predicted octanol–water partition coefficient (Wildman–Crippen LogP) is 3.82. The number of hydrogen-bond donors (Lipinski definition) is 1. The maximum atomic E-state index is 9.26. The fraction of sp³-hybridized carbons (Fsp3) is 0.143. The van der Waals surface area contributed by atoms with Crippen LogP contribution in [0.1, 0.15) is 5.56 Å². The van der Waals surface area contributed by atoms with Crippen LogP contribution in [0.4, 0.5) is 11.4 Å². The van der Waals surface area contributed by atoms with Crippen molar-refractivity contribution in [3.05, 3.63) is 51.9 Å². The molecule has 0 saturated heterocycles. The molecule has 6 nitrogen and oxygen atoms in total. The van der Waals surface area contributed by atoms with Crippen molar-refractivity contribution in [3.8, 4) is 16.9 Å². The van der Waals surface area contributed by atoms with Gasteiger partial charge in [-0.05, 0) is 35.4 Å². The van der Waals surface area contributed by atoms with Crippen molar-refractivity contribution in [1.82, 2.24) is 0 Å². The van der Waals surface area contributed by atoms with E-state index < -0.39 is 0 Å². The van der Waals surface area contributed by atoms with E-state index in [1.807, 2.05) is 0 Å². The van der Waals surface area contributed by atoms with Gasteiger partial charge in [0.15, 0.2) is 9.95 Å². The van der Waals surface area contributed by atoms with E-state index in [1.54, 1.807) is 36.4 Å². The summed E-state index contributed by atoms with van der Waals surface area (Å²) in [6.07, 6.45) is 0. The third-order valence-corrected chi connectivity index (χ3v) is 2.98. The Kier molecular flexibility index (Phi) is 3.90. The van der Waals surface area contributed by atoms with Crippen LogP contribution < -0.4 is 4.74 Å². The second-order valence-corrected chi connectivity index (χ2v) is 4.09. The molecule has 0 aromatic heterocycles. The minimum atomic E-state index is -0.228. The molecule has 2 aromatic rings. The molecule has 0 radical (unpaired) electrons. The molecule has 0 aliphatic heterocycles. The maximum absolute atomic E-state index is 9.26. The Bertz CT molecular complexity index is 665. The van der Waals surface area contributed by atoms with E-state index in [-0.39, 0.29) is 6.61 Å². The quantitative estimate of drug-likeness (QED) is 0.857. The first kappa shape index (κ1) is 13.5. The lowest BCUT2D eigenvalue weighted by Crippen LogP contribution is -1.87. The molecule has 20 heavy (non-hydrogen) atoms. The van der Waals surface area contributed by atoms with Crippen LogP contribution in [0.15, 0.2) is 36.4 Å². The summed E-state index contributed by atoms with van der Waals surface area (Å²) in [5, 5.41) is 26.9. The zero-order valence-electron chi connectivity index (χ0n) is 10.8. The molecule has 98 valence electrons. The average molecular weight is 268 g/mol. The molecule has 0 atom stereocenters. The smallest absolute Gasteiger partial charge is 0.426 e. The van der Waals surface area contributed by atoms with Crippen molar-refractivity contribution in [1.29, 1.82) is 10.8 Å². The highest BCUT2D eigenvalue weighted by Crippen LogP contribution is 2.34. The average Bonchev–Trinajstić information content (AvgIpc) is 2.53. The molecule has 0 aliphatic rings. The van der Waals surface area contributed by atoms with Crippen LogP contribution in [0.25, 0.3) is 21.1 Å². The van der Waals surface area contributed by atoms with Crippen molar-refractivity contribution in [2.75, 3.05) is 7.11 Å². The van der Waals surface area contributed by atoms with Crippen LogP contribution in [-0.2, 0) is 6.61 Å². The number of aliphatic hydroxyl groups excluding tert-OH is 1. The van der Waals surface area contributed by atoms with Gasteiger partial charge >= 0.3 is 11.4 Å². The lowest BCUT2D eigenvalue weighted by molar-refractivity contribution is 0.282. The molecule has 0 unspecified atom stereocenters. The second kappa shape index (κ2) is 5.79. The summed E-state index contributed by atoms with van der Waals surface area (Å²) in [6, 6.07) is 10.2. The maximum Gasteiger partial charge on any atom is 0.426 e. The summed E-state index contributed by atoms with van der Waals surface area (Å²) < 4.78 is 5.14. The van der Waals surface area contributed by atoms with E-state index in [1.165, 1.54) is 7.11 Å². The highest BCUT2D eigenvalue weighted by Gasteiger charge is 2.17. The van der Waals surface area contributed by atoms with Crippen LogP contribution in [-0.4, -0.2) is 12.2 Å². The summed E-state index contributed by atoms with van der Waals surface area (Å²) >= 11 is 0. The Balaban J connectivity index is 2.52. The van der Waals surface area contributed by atoms with Crippen molar-refractivity contribution in [3.63, 3.8) is 0 Å². The zero-order chi connectivity index (χ0) is 14.5. The summed E-state index contributed by atoms with van der Waals surface area (Å²) in [6.45, 7) is -0.228. The molecule has 2 aromatic carbocycles. The van der Waals surface area contributed by atoms with E-state index in [0.29, 0.717) is 22.7 Å². The first-order valence-corrected chi connectivity index (χ1v) is 5.86. The molecule has 0 heterocycles. The zero-order valence-corrected chi connectivity index (χ0v) is 10.8. The van der Waals surface area contributed by atoms with Gasteiger partial charge in [-0.1, -0.05) is 0 Å². The monoisotopic (exact) mass is 268 g/mol. The Hall–Kier alpha value is -2.96. The lowest BCUT2D eigenvalue weighted by Gasteiger charge is -2.03. The molecular weight excluding hydrogens is 256 g/mol. The highest BCUT2D eigenvalue weighted by molar-refractivity contribution is 5.73. The fourth-order valence-corrected chi connectivity index (χ4v) is 1.93. The number of diazo groups is 2. The highest BCUT2D eigenvalue weighted by atomic mass is 16.5. The van der Waals surface area contributed by atoms with E-state index >= 15 is 0 Å². The number of rotatable bonds is 3. The van der Waals surface area contributed by atoms with Gasteiger partial charge in [0.2, 0.25) is 16.5 Å². The minimum absolute atomic E-state index is 0.228. The van der Waals surface area contributed by atoms with Crippen LogP contribution >= 0.6 is 0 Å². The third kappa shape index (κ3) is 2.41. The molecule has 0 aliphatic carbocycles. The Morgan fingerprint density at radius 1 is 1.00 bits per heavy atom. The lowest BCUT2D eigenvalue weighted by atomic mass is 10.0. The number of benzene rings is 2. The van der Waals surface area contributed by atoms with E-state index in [4.69, 9.17) is 15.5 Å². The van der Waals surface area contributed by atoms with Crippen LogP contribution in [0.5, 0.6) is 5.75 Å². The van der Waals surface area contributed by atoms with Crippen molar-refractivity contribution >= 4 is 11.4 Å². The van der Waals surface area contributed by atoms with Gasteiger partial charge in [0.05, 0.1) is 19.3 Å². The summed E-state index contributed by atoms with van der Waals surface area (Å²) in [4.78, 5) is 6.23. The molecule has 6 heteroatoms. The minimum Gasteiger partial charge on any atom is -0.489 e. The largest absolute Gasteiger partial charge is 0.489 e. The summed E-state index contributed by atoms with van der Waals surface area (Å²) in [5.41, 5.74) is 2.82. The molecule has 0 bridgehead atoms. The topological polar surface area (TPSA) is 85.8 Å². The Labute approximate surface area is 115 Å². The van der Waals surface area contributed by atoms with Gasteiger partial charge in [0, 0.05) is 12.1 Å². The Morgan fingerprint density at radius 3 is 2.15 bits per heavy atom. The van der Waals surface area contributed by atoms with Gasteiger partial charge in [-0.3, -0.25) is 0 Å². The SMILES string of the molecule is COc1cc(-c2ccc([N+]#N)c(CO)c2)ccc1[N+]#N. The summed E-state index contributed by atoms with van der Waals surface area (Å²) in [5.74, 6) is 0.437. The standard InChI is InChI=1S/C14H12N4O2/c1-20-14-7-10(3-5-13(14)18-16)9-2-4-12(17-15)11(6-9)8-19/h2-7,19H,8H2,1H3/q+2. The number of hydrogen-bond acceptors (Lipinski definition) is 4. The van der Waals surface area contributed by atoms with E-state index in [0.717, 1.165) is 11.1 Å². The molecule has 1 N–H and O–H groups in total. The first-order chi connectivity index (χ1) is 9.73. The number of aliphatic hydroxyl groups is 1. The second-order valence-electron chi connectivity index (χ2n) is 4.09.